The first-order valence-corrected chi connectivity index (χ1v) is 5.68. The van der Waals surface area contributed by atoms with Crippen molar-refractivity contribution in [2.75, 3.05) is 0 Å². The third-order valence-electron chi connectivity index (χ3n) is 2.81. The Hall–Kier alpha value is -1.71. The highest BCUT2D eigenvalue weighted by atomic mass is 14.8. The fourth-order valence-electron chi connectivity index (χ4n) is 1.82. The van der Waals surface area contributed by atoms with Crippen LogP contribution < -0.4 is 11.5 Å². The first-order chi connectivity index (χ1) is 8.27. The normalized spacial score (nSPS) is 14.2. The van der Waals surface area contributed by atoms with Crippen molar-refractivity contribution in [3.8, 4) is 0 Å². The maximum absolute atomic E-state index is 8.12. The van der Waals surface area contributed by atoms with Gasteiger partial charge in [0.25, 0.3) is 0 Å². The number of pyridine rings is 1. The van der Waals surface area contributed by atoms with E-state index in [0.717, 1.165) is 12.0 Å². The van der Waals surface area contributed by atoms with Crippen LogP contribution in [0.5, 0.6) is 0 Å². The van der Waals surface area contributed by atoms with Crippen molar-refractivity contribution >= 4 is 0 Å². The molecule has 3 nitrogen and oxygen atoms in total. The van der Waals surface area contributed by atoms with Crippen LogP contribution in [0.2, 0.25) is 0 Å². The summed E-state index contributed by atoms with van der Waals surface area (Å²) in [7, 11) is 0. The van der Waals surface area contributed by atoms with Gasteiger partial charge < -0.3 is 5.73 Å². The molecule has 0 amide bonds. The van der Waals surface area contributed by atoms with Crippen LogP contribution in [-0.2, 0) is 6.42 Å². The molecule has 0 bridgehead atoms. The second-order valence-electron chi connectivity index (χ2n) is 4.11. The molecule has 0 aliphatic carbocycles. The van der Waals surface area contributed by atoms with E-state index in [1.807, 2.05) is 42.5 Å². The molecule has 2 aromatic rings. The number of aromatic nitrogens is 1. The molecular formula is C14H16N3. The fourth-order valence-corrected chi connectivity index (χ4v) is 1.82. The maximum atomic E-state index is 8.12. The van der Waals surface area contributed by atoms with Gasteiger partial charge in [-0.2, -0.15) is 0 Å². The third-order valence-corrected chi connectivity index (χ3v) is 2.81. The van der Waals surface area contributed by atoms with Crippen LogP contribution in [0, 0.1) is 0 Å². The zero-order chi connectivity index (χ0) is 12.1. The van der Waals surface area contributed by atoms with Crippen LogP contribution in [0.3, 0.4) is 0 Å². The molecule has 87 valence electrons. The topological polar surface area (TPSA) is 62.7 Å². The molecule has 1 radical (unpaired) electrons. The van der Waals surface area contributed by atoms with Crippen molar-refractivity contribution < 1.29 is 0 Å². The number of hydrogen-bond acceptors (Lipinski definition) is 2. The number of nitrogens with zero attached hydrogens (tertiary/aromatic N) is 1. The lowest BCUT2D eigenvalue weighted by molar-refractivity contribution is 0.530. The van der Waals surface area contributed by atoms with Gasteiger partial charge in [0.15, 0.2) is 0 Å². The smallest absolute Gasteiger partial charge is 0.0618 e. The molecular weight excluding hydrogens is 210 g/mol. The van der Waals surface area contributed by atoms with Crippen LogP contribution >= 0.6 is 0 Å². The largest absolute Gasteiger partial charge is 0.326 e. The first kappa shape index (κ1) is 11.8. The number of benzene rings is 1. The molecule has 2 atom stereocenters. The van der Waals surface area contributed by atoms with E-state index in [1.165, 1.54) is 5.56 Å². The van der Waals surface area contributed by atoms with Crippen molar-refractivity contribution in [3.05, 3.63) is 66.0 Å². The van der Waals surface area contributed by atoms with Crippen LogP contribution in [0.1, 0.15) is 17.2 Å². The first-order valence-electron chi connectivity index (χ1n) is 5.68. The highest BCUT2D eigenvalue weighted by molar-refractivity contribution is 5.20. The summed E-state index contributed by atoms with van der Waals surface area (Å²) in [6, 6.07) is 13.2. The van der Waals surface area contributed by atoms with Crippen molar-refractivity contribution in [3.63, 3.8) is 0 Å². The van der Waals surface area contributed by atoms with E-state index in [9.17, 15) is 0 Å². The Labute approximate surface area is 101 Å². The number of nitrogens with two attached hydrogens (primary N) is 1. The Kier molecular flexibility index (Phi) is 3.85. The molecule has 0 spiro atoms. The van der Waals surface area contributed by atoms with Crippen molar-refractivity contribution in [1.29, 1.82) is 0 Å². The summed E-state index contributed by atoms with van der Waals surface area (Å²) >= 11 is 0. The highest BCUT2D eigenvalue weighted by Gasteiger charge is 2.16. The van der Waals surface area contributed by atoms with Gasteiger partial charge in [-0.05, 0) is 29.7 Å². The minimum Gasteiger partial charge on any atom is -0.326 e. The van der Waals surface area contributed by atoms with Crippen LogP contribution in [0.15, 0.2) is 54.9 Å². The van der Waals surface area contributed by atoms with E-state index in [-0.39, 0.29) is 6.04 Å². The van der Waals surface area contributed by atoms with E-state index in [1.54, 1.807) is 12.4 Å². The summed E-state index contributed by atoms with van der Waals surface area (Å²) in [6.45, 7) is 0. The average Bonchev–Trinajstić information content (AvgIpc) is 2.40. The molecule has 0 saturated heterocycles. The SMILES string of the molecule is [NH]C(c1ccncc1)[C@@H](N)Cc1ccccc1. The summed E-state index contributed by atoms with van der Waals surface area (Å²) in [6.07, 6.45) is 4.12. The monoisotopic (exact) mass is 226 g/mol. The van der Waals surface area contributed by atoms with Crippen molar-refractivity contribution in [2.24, 2.45) is 5.73 Å². The summed E-state index contributed by atoms with van der Waals surface area (Å²) in [4.78, 5) is 3.95. The second kappa shape index (κ2) is 5.57. The zero-order valence-electron chi connectivity index (χ0n) is 9.58. The second-order valence-corrected chi connectivity index (χ2v) is 4.11. The predicted octanol–water partition coefficient (Wildman–Crippen LogP) is 1.98. The molecule has 0 saturated carbocycles. The summed E-state index contributed by atoms with van der Waals surface area (Å²) < 4.78 is 0. The standard InChI is InChI=1S/C14H16N3/c15-13(10-11-4-2-1-3-5-11)14(16)12-6-8-17-9-7-12/h1-9,13-14,16H,10,15H2/t13-,14?/m0/s1. The van der Waals surface area contributed by atoms with Gasteiger partial charge in [0.2, 0.25) is 0 Å². The van der Waals surface area contributed by atoms with Crippen LogP contribution in [-0.4, -0.2) is 11.0 Å². The lowest BCUT2D eigenvalue weighted by atomic mass is 9.96. The van der Waals surface area contributed by atoms with E-state index < -0.39 is 6.04 Å². The van der Waals surface area contributed by atoms with E-state index in [0.29, 0.717) is 0 Å². The van der Waals surface area contributed by atoms with Gasteiger partial charge in [0.1, 0.15) is 0 Å². The Morgan fingerprint density at radius 3 is 2.35 bits per heavy atom. The molecule has 1 aromatic heterocycles. The molecule has 3 heteroatoms. The summed E-state index contributed by atoms with van der Waals surface area (Å²) in [5.41, 5.74) is 16.3. The molecule has 17 heavy (non-hydrogen) atoms. The molecule has 1 heterocycles. The Bertz CT molecular complexity index is 442. The quantitative estimate of drug-likeness (QED) is 0.866. The number of hydrogen-bond donors (Lipinski definition) is 1. The molecule has 3 N–H and O–H groups in total. The molecule has 1 aromatic carbocycles. The Morgan fingerprint density at radius 1 is 1.06 bits per heavy atom. The average molecular weight is 226 g/mol. The highest BCUT2D eigenvalue weighted by Crippen LogP contribution is 2.16. The maximum Gasteiger partial charge on any atom is 0.0618 e. The molecule has 0 aliphatic rings. The zero-order valence-corrected chi connectivity index (χ0v) is 9.58. The van der Waals surface area contributed by atoms with E-state index in [4.69, 9.17) is 11.5 Å². The predicted molar refractivity (Wildman–Crippen MR) is 68.2 cm³/mol. The van der Waals surface area contributed by atoms with Crippen molar-refractivity contribution in [2.45, 2.75) is 18.5 Å². The number of rotatable bonds is 4. The Balaban J connectivity index is 2.03. The van der Waals surface area contributed by atoms with Gasteiger partial charge in [-0.15, -0.1) is 0 Å². The molecule has 1 unspecified atom stereocenters. The van der Waals surface area contributed by atoms with Gasteiger partial charge >= 0.3 is 0 Å². The van der Waals surface area contributed by atoms with E-state index >= 15 is 0 Å². The summed E-state index contributed by atoms with van der Waals surface area (Å²) in [5.74, 6) is 0. The van der Waals surface area contributed by atoms with E-state index in [2.05, 4.69) is 4.98 Å². The third kappa shape index (κ3) is 3.12. The molecule has 2 rings (SSSR count). The fraction of sp³-hybridized carbons (Fsp3) is 0.214. The number of nitrogens with one attached hydrogen (secondary N) is 1. The van der Waals surface area contributed by atoms with Gasteiger partial charge in [0, 0.05) is 18.4 Å². The van der Waals surface area contributed by atoms with Crippen LogP contribution in [0.4, 0.5) is 0 Å². The summed E-state index contributed by atoms with van der Waals surface area (Å²) in [5, 5.41) is 0. The van der Waals surface area contributed by atoms with Gasteiger partial charge in [-0.3, -0.25) is 4.98 Å². The van der Waals surface area contributed by atoms with Gasteiger partial charge in [0.05, 0.1) is 6.04 Å². The van der Waals surface area contributed by atoms with Crippen LogP contribution in [0.25, 0.3) is 0 Å². The van der Waals surface area contributed by atoms with Gasteiger partial charge in [-0.25, -0.2) is 5.73 Å². The lowest BCUT2D eigenvalue weighted by Gasteiger charge is -2.19. The minimum atomic E-state index is -0.404. The Morgan fingerprint density at radius 2 is 1.71 bits per heavy atom. The lowest BCUT2D eigenvalue weighted by Crippen LogP contribution is -2.31. The minimum absolute atomic E-state index is 0.195. The van der Waals surface area contributed by atoms with Gasteiger partial charge in [-0.1, -0.05) is 30.3 Å². The molecule has 0 aliphatic heterocycles. The molecule has 0 fully saturated rings. The van der Waals surface area contributed by atoms with Crippen molar-refractivity contribution in [1.82, 2.24) is 10.7 Å².